The van der Waals surface area contributed by atoms with Crippen LogP contribution < -0.4 is 5.32 Å². The maximum absolute atomic E-state index is 12.7. The normalized spacial score (nSPS) is 10.4. The predicted molar refractivity (Wildman–Crippen MR) is 101 cm³/mol. The Kier molecular flexibility index (Phi) is 6.17. The van der Waals surface area contributed by atoms with Gasteiger partial charge in [-0.25, -0.2) is 4.79 Å². The van der Waals surface area contributed by atoms with Crippen molar-refractivity contribution in [1.29, 1.82) is 0 Å². The Morgan fingerprint density at radius 3 is 2.56 bits per heavy atom. The zero-order chi connectivity index (χ0) is 17.3. The summed E-state index contributed by atoms with van der Waals surface area (Å²) in [6, 6.07) is 17.9. The minimum absolute atomic E-state index is 0.0622. The highest BCUT2D eigenvalue weighted by Gasteiger charge is 2.15. The summed E-state index contributed by atoms with van der Waals surface area (Å²) >= 11 is 1.64. The first-order valence-corrected chi connectivity index (χ1v) is 9.23. The van der Waals surface area contributed by atoms with Crippen LogP contribution in [0.1, 0.15) is 16.8 Å². The van der Waals surface area contributed by atoms with Crippen LogP contribution in [0.3, 0.4) is 0 Å². The van der Waals surface area contributed by atoms with Gasteiger partial charge in [-0.3, -0.25) is 4.98 Å². The lowest BCUT2D eigenvalue weighted by atomic mass is 10.1. The van der Waals surface area contributed by atoms with Gasteiger partial charge in [0.1, 0.15) is 0 Å². The molecule has 0 saturated carbocycles. The molecule has 0 aliphatic rings. The van der Waals surface area contributed by atoms with Gasteiger partial charge in [0.2, 0.25) is 0 Å². The second-order valence-electron chi connectivity index (χ2n) is 5.78. The molecule has 1 N–H and O–H groups in total. The zero-order valence-electron chi connectivity index (χ0n) is 14.0. The average molecular weight is 351 g/mol. The molecule has 0 unspecified atom stereocenters. The van der Waals surface area contributed by atoms with Gasteiger partial charge in [0, 0.05) is 19.3 Å². The van der Waals surface area contributed by atoms with E-state index in [0.29, 0.717) is 19.6 Å². The molecule has 1 aromatic carbocycles. The first-order chi connectivity index (χ1) is 12.3. The average Bonchev–Trinajstić information content (AvgIpc) is 3.16. The third kappa shape index (κ3) is 5.43. The molecule has 0 bridgehead atoms. The summed E-state index contributed by atoms with van der Waals surface area (Å²) in [5, 5.41) is 7.13. The van der Waals surface area contributed by atoms with Gasteiger partial charge in [-0.15, -0.1) is 0 Å². The summed E-state index contributed by atoms with van der Waals surface area (Å²) in [6.07, 6.45) is 2.58. The molecule has 2 amide bonds. The lowest BCUT2D eigenvalue weighted by Crippen LogP contribution is -2.40. The Hall–Kier alpha value is -2.66. The fraction of sp³-hybridized carbons (Fsp3) is 0.200. The molecule has 5 heteroatoms. The van der Waals surface area contributed by atoms with Crippen LogP contribution in [0, 0.1) is 0 Å². The van der Waals surface area contributed by atoms with Gasteiger partial charge in [0.05, 0.1) is 12.2 Å². The number of carbonyl (C=O) groups is 1. The zero-order valence-corrected chi connectivity index (χ0v) is 14.8. The molecule has 2 aromatic heterocycles. The summed E-state index contributed by atoms with van der Waals surface area (Å²) in [7, 11) is 0. The molecule has 0 aliphatic carbocycles. The van der Waals surface area contributed by atoms with Gasteiger partial charge in [-0.05, 0) is 46.5 Å². The van der Waals surface area contributed by atoms with Gasteiger partial charge >= 0.3 is 6.03 Å². The van der Waals surface area contributed by atoms with Crippen molar-refractivity contribution in [3.05, 3.63) is 88.4 Å². The van der Waals surface area contributed by atoms with Crippen molar-refractivity contribution in [2.24, 2.45) is 0 Å². The highest BCUT2D eigenvalue weighted by Crippen LogP contribution is 2.12. The van der Waals surface area contributed by atoms with Gasteiger partial charge in [0.15, 0.2) is 0 Å². The molecule has 2 heterocycles. The Labute approximate surface area is 152 Å². The van der Waals surface area contributed by atoms with Crippen LogP contribution in [0.4, 0.5) is 4.79 Å². The maximum Gasteiger partial charge on any atom is 0.318 e. The fourth-order valence-corrected chi connectivity index (χ4v) is 3.22. The number of rotatable bonds is 7. The maximum atomic E-state index is 12.7. The highest BCUT2D eigenvalue weighted by atomic mass is 32.1. The minimum atomic E-state index is -0.0622. The summed E-state index contributed by atoms with van der Waals surface area (Å²) in [4.78, 5) is 18.8. The number of benzene rings is 1. The van der Waals surface area contributed by atoms with E-state index in [1.807, 2.05) is 47.8 Å². The molecule has 0 radical (unpaired) electrons. The van der Waals surface area contributed by atoms with E-state index in [1.54, 1.807) is 22.4 Å². The van der Waals surface area contributed by atoms with Gasteiger partial charge in [0.25, 0.3) is 0 Å². The van der Waals surface area contributed by atoms with E-state index in [2.05, 4.69) is 27.8 Å². The highest BCUT2D eigenvalue weighted by molar-refractivity contribution is 7.07. The quantitative estimate of drug-likeness (QED) is 0.696. The SMILES string of the molecule is O=C(NCCc1ccccc1)N(Cc1ccsc1)Cc1ccccn1. The molecule has 3 aromatic rings. The third-order valence-electron chi connectivity index (χ3n) is 3.85. The van der Waals surface area contributed by atoms with E-state index in [9.17, 15) is 4.79 Å². The van der Waals surface area contributed by atoms with Crippen molar-refractivity contribution in [3.8, 4) is 0 Å². The standard InChI is InChI=1S/C20H21N3OS/c24-20(22-12-9-17-6-2-1-3-7-17)23(14-18-10-13-25-16-18)15-19-8-4-5-11-21-19/h1-8,10-11,13,16H,9,12,14-15H2,(H,22,24). The number of hydrogen-bond acceptors (Lipinski definition) is 3. The molecule has 4 nitrogen and oxygen atoms in total. The predicted octanol–water partition coefficient (Wildman–Crippen LogP) is 4.10. The first kappa shape index (κ1) is 17.2. The molecule has 0 saturated heterocycles. The number of nitrogens with one attached hydrogen (secondary N) is 1. The van der Waals surface area contributed by atoms with Crippen molar-refractivity contribution in [2.75, 3.05) is 6.54 Å². The fourth-order valence-electron chi connectivity index (χ4n) is 2.56. The van der Waals surface area contributed by atoms with Gasteiger partial charge in [-0.2, -0.15) is 11.3 Å². The van der Waals surface area contributed by atoms with E-state index in [4.69, 9.17) is 0 Å². The Morgan fingerprint density at radius 1 is 1.00 bits per heavy atom. The van der Waals surface area contributed by atoms with Crippen LogP contribution in [0.5, 0.6) is 0 Å². The van der Waals surface area contributed by atoms with Crippen LogP contribution >= 0.6 is 11.3 Å². The molecule has 0 aliphatic heterocycles. The molecule has 0 spiro atoms. The van der Waals surface area contributed by atoms with Gasteiger partial charge in [-0.1, -0.05) is 36.4 Å². The largest absolute Gasteiger partial charge is 0.338 e. The lowest BCUT2D eigenvalue weighted by Gasteiger charge is -2.22. The number of urea groups is 1. The molecule has 3 rings (SSSR count). The second-order valence-corrected chi connectivity index (χ2v) is 6.56. The molecule has 0 fully saturated rings. The number of carbonyl (C=O) groups excluding carboxylic acids is 1. The van der Waals surface area contributed by atoms with Crippen molar-refractivity contribution >= 4 is 17.4 Å². The molecular weight excluding hydrogens is 330 g/mol. The molecular formula is C20H21N3OS. The third-order valence-corrected chi connectivity index (χ3v) is 4.58. The van der Waals surface area contributed by atoms with Crippen LogP contribution in [0.25, 0.3) is 0 Å². The number of pyridine rings is 1. The van der Waals surface area contributed by atoms with E-state index < -0.39 is 0 Å². The van der Waals surface area contributed by atoms with Crippen molar-refractivity contribution in [1.82, 2.24) is 15.2 Å². The molecule has 128 valence electrons. The summed E-state index contributed by atoms with van der Waals surface area (Å²) < 4.78 is 0. The smallest absolute Gasteiger partial charge is 0.318 e. The summed E-state index contributed by atoms with van der Waals surface area (Å²) in [6.45, 7) is 1.69. The molecule has 0 atom stereocenters. The topological polar surface area (TPSA) is 45.2 Å². The Bertz CT molecular complexity index is 760. The van der Waals surface area contributed by atoms with E-state index >= 15 is 0 Å². The van der Waals surface area contributed by atoms with Crippen molar-refractivity contribution < 1.29 is 4.79 Å². The lowest BCUT2D eigenvalue weighted by molar-refractivity contribution is 0.192. The van der Waals surface area contributed by atoms with Crippen LogP contribution in [-0.4, -0.2) is 22.5 Å². The van der Waals surface area contributed by atoms with Crippen molar-refractivity contribution in [2.45, 2.75) is 19.5 Å². The Balaban J connectivity index is 1.60. The summed E-state index contributed by atoms with van der Waals surface area (Å²) in [5.74, 6) is 0. The van der Waals surface area contributed by atoms with E-state index in [0.717, 1.165) is 17.7 Å². The number of nitrogens with zero attached hydrogens (tertiary/aromatic N) is 2. The van der Waals surface area contributed by atoms with E-state index in [-0.39, 0.29) is 6.03 Å². The van der Waals surface area contributed by atoms with Crippen LogP contribution in [-0.2, 0) is 19.5 Å². The second kappa shape index (κ2) is 8.99. The minimum Gasteiger partial charge on any atom is -0.338 e. The number of amides is 2. The molecule has 25 heavy (non-hydrogen) atoms. The van der Waals surface area contributed by atoms with E-state index in [1.165, 1.54) is 5.56 Å². The Morgan fingerprint density at radius 2 is 1.84 bits per heavy atom. The number of hydrogen-bond donors (Lipinski definition) is 1. The van der Waals surface area contributed by atoms with Crippen LogP contribution in [0.15, 0.2) is 71.6 Å². The monoisotopic (exact) mass is 351 g/mol. The van der Waals surface area contributed by atoms with Gasteiger partial charge < -0.3 is 10.2 Å². The van der Waals surface area contributed by atoms with Crippen LogP contribution in [0.2, 0.25) is 0 Å². The first-order valence-electron chi connectivity index (χ1n) is 8.29. The number of thiophene rings is 1. The number of aromatic nitrogens is 1. The van der Waals surface area contributed by atoms with Crippen molar-refractivity contribution in [3.63, 3.8) is 0 Å². The summed E-state index contributed by atoms with van der Waals surface area (Å²) in [5.41, 5.74) is 3.24.